The average molecular weight is 458 g/mol. The number of rotatable bonds is 6. The van der Waals surface area contributed by atoms with Crippen molar-refractivity contribution in [2.24, 2.45) is 0 Å². The van der Waals surface area contributed by atoms with E-state index in [0.717, 1.165) is 24.0 Å². The van der Waals surface area contributed by atoms with Gasteiger partial charge in [0.2, 0.25) is 0 Å². The Labute approximate surface area is 187 Å². The Bertz CT molecular complexity index is 1230. The fourth-order valence-corrected chi connectivity index (χ4v) is 5.85. The molecule has 0 spiro atoms. The number of para-hydroxylation sites is 1. The molecule has 0 bridgehead atoms. The lowest BCUT2D eigenvalue weighted by Gasteiger charge is -2.23. The third-order valence-corrected chi connectivity index (χ3v) is 7.78. The Morgan fingerprint density at radius 2 is 1.81 bits per heavy atom. The number of anilines is 1. The number of hydrogen-bond acceptors (Lipinski definition) is 6. The Morgan fingerprint density at radius 3 is 2.52 bits per heavy atom. The van der Waals surface area contributed by atoms with Crippen LogP contribution >= 0.6 is 11.3 Å². The van der Waals surface area contributed by atoms with Crippen molar-refractivity contribution >= 4 is 42.4 Å². The fourth-order valence-electron chi connectivity index (χ4n) is 3.93. The largest absolute Gasteiger partial charge is 0.308 e. The van der Waals surface area contributed by atoms with Gasteiger partial charge in [-0.1, -0.05) is 23.5 Å². The van der Waals surface area contributed by atoms with Crippen molar-refractivity contribution in [3.8, 4) is 0 Å². The zero-order valence-electron chi connectivity index (χ0n) is 18.1. The molecule has 0 radical (unpaired) electrons. The van der Waals surface area contributed by atoms with E-state index in [4.69, 9.17) is 0 Å². The van der Waals surface area contributed by atoms with Crippen LogP contribution < -0.4 is 4.90 Å². The molecule has 3 aromatic rings. The molecule has 1 amide bonds. The van der Waals surface area contributed by atoms with Crippen LogP contribution in [0.15, 0.2) is 41.3 Å². The van der Waals surface area contributed by atoms with E-state index in [0.29, 0.717) is 29.3 Å². The highest BCUT2D eigenvalue weighted by molar-refractivity contribution is 7.91. The van der Waals surface area contributed by atoms with Crippen LogP contribution in [0.1, 0.15) is 34.3 Å². The molecule has 0 atom stereocenters. The molecule has 0 fully saturated rings. The second-order valence-electron chi connectivity index (χ2n) is 8.32. The molecule has 0 saturated carbocycles. The smallest absolute Gasteiger partial charge is 0.260 e. The molecule has 4 rings (SSSR count). The van der Waals surface area contributed by atoms with Crippen LogP contribution in [-0.4, -0.2) is 57.6 Å². The summed E-state index contributed by atoms with van der Waals surface area (Å²) in [7, 11) is 0.502. The van der Waals surface area contributed by atoms with Crippen LogP contribution in [0.5, 0.6) is 0 Å². The summed E-state index contributed by atoms with van der Waals surface area (Å²) in [5.41, 5.74) is 3.67. The minimum Gasteiger partial charge on any atom is -0.308 e. The van der Waals surface area contributed by atoms with Crippen molar-refractivity contribution in [2.75, 3.05) is 38.3 Å². The molecular formula is C23H27N3O3S2. The van der Waals surface area contributed by atoms with Crippen LogP contribution in [0.4, 0.5) is 5.13 Å². The lowest BCUT2D eigenvalue weighted by atomic mass is 9.90. The van der Waals surface area contributed by atoms with E-state index >= 15 is 0 Å². The number of fused-ring (bicyclic) bond motifs is 2. The molecule has 1 aliphatic rings. The van der Waals surface area contributed by atoms with E-state index in [1.165, 1.54) is 35.1 Å². The molecule has 0 unspecified atom stereocenters. The van der Waals surface area contributed by atoms with Crippen molar-refractivity contribution in [3.63, 3.8) is 0 Å². The standard InChI is InChI=1S/C23H27N3O3S2/c1-25(2)13-14-26(22(27)18-12-11-16-7-4-5-8-17(16)15-18)23-24-21-19(30-23)9-6-10-20(21)31(3,28)29/h6,9-12,15H,4-5,7-8,13-14H2,1-3H3. The fraction of sp³-hybridized carbons (Fsp3) is 0.391. The lowest BCUT2D eigenvalue weighted by Crippen LogP contribution is -2.36. The SMILES string of the molecule is CN(C)CCN(C(=O)c1ccc2c(c1)CCCC2)c1nc2c(S(C)(=O)=O)cccc2s1. The number of hydrogen-bond donors (Lipinski definition) is 0. The highest BCUT2D eigenvalue weighted by Gasteiger charge is 2.24. The van der Waals surface area contributed by atoms with Gasteiger partial charge in [-0.2, -0.15) is 0 Å². The number of nitrogens with zero attached hydrogens (tertiary/aromatic N) is 3. The van der Waals surface area contributed by atoms with Gasteiger partial charge in [0, 0.05) is 24.9 Å². The number of amides is 1. The van der Waals surface area contributed by atoms with Crippen molar-refractivity contribution in [1.29, 1.82) is 0 Å². The number of aromatic nitrogens is 1. The lowest BCUT2D eigenvalue weighted by molar-refractivity contribution is 0.0985. The van der Waals surface area contributed by atoms with E-state index in [9.17, 15) is 13.2 Å². The van der Waals surface area contributed by atoms with Crippen LogP contribution in [0.25, 0.3) is 10.2 Å². The summed E-state index contributed by atoms with van der Waals surface area (Å²) >= 11 is 1.35. The molecule has 0 N–H and O–H groups in total. The van der Waals surface area contributed by atoms with Crippen molar-refractivity contribution in [2.45, 2.75) is 30.6 Å². The molecule has 6 nitrogen and oxygen atoms in total. The quantitative estimate of drug-likeness (QED) is 0.563. The van der Waals surface area contributed by atoms with Gasteiger partial charge >= 0.3 is 0 Å². The monoisotopic (exact) mass is 457 g/mol. The summed E-state index contributed by atoms with van der Waals surface area (Å²) in [4.78, 5) is 22.1. The maximum atomic E-state index is 13.6. The highest BCUT2D eigenvalue weighted by atomic mass is 32.2. The number of benzene rings is 2. The first-order valence-corrected chi connectivity index (χ1v) is 13.1. The van der Waals surface area contributed by atoms with Gasteiger partial charge in [0.15, 0.2) is 15.0 Å². The molecule has 31 heavy (non-hydrogen) atoms. The number of carbonyl (C=O) groups is 1. The first-order valence-electron chi connectivity index (χ1n) is 10.4. The van der Waals surface area contributed by atoms with Crippen LogP contribution in [0, 0.1) is 0 Å². The average Bonchev–Trinajstić information content (AvgIpc) is 3.16. The third-order valence-electron chi connectivity index (χ3n) is 5.61. The number of thiazole rings is 1. The van der Waals surface area contributed by atoms with Gasteiger partial charge in [-0.25, -0.2) is 13.4 Å². The summed E-state index contributed by atoms with van der Waals surface area (Å²) in [5.74, 6) is -0.102. The van der Waals surface area contributed by atoms with Gasteiger partial charge in [-0.15, -0.1) is 0 Å². The normalized spacial score (nSPS) is 14.1. The summed E-state index contributed by atoms with van der Waals surface area (Å²) < 4.78 is 25.2. The van der Waals surface area contributed by atoms with Gasteiger partial charge in [-0.3, -0.25) is 9.69 Å². The van der Waals surface area contributed by atoms with Gasteiger partial charge in [-0.05, 0) is 75.2 Å². The molecule has 2 aromatic carbocycles. The minimum absolute atomic E-state index is 0.102. The predicted molar refractivity (Wildman–Crippen MR) is 126 cm³/mol. The predicted octanol–water partition coefficient (Wildman–Crippen LogP) is 3.79. The maximum absolute atomic E-state index is 13.6. The van der Waals surface area contributed by atoms with Crippen LogP contribution in [0.2, 0.25) is 0 Å². The van der Waals surface area contributed by atoms with Crippen molar-refractivity contribution in [1.82, 2.24) is 9.88 Å². The van der Waals surface area contributed by atoms with Gasteiger partial charge < -0.3 is 4.90 Å². The number of likely N-dealkylation sites (N-methyl/N-ethyl adjacent to an activating group) is 1. The van der Waals surface area contributed by atoms with Crippen LogP contribution in [-0.2, 0) is 22.7 Å². The van der Waals surface area contributed by atoms with Gasteiger partial charge in [0.25, 0.3) is 5.91 Å². The first-order chi connectivity index (χ1) is 14.7. The second-order valence-corrected chi connectivity index (χ2v) is 11.3. The zero-order valence-corrected chi connectivity index (χ0v) is 19.7. The Kier molecular flexibility index (Phi) is 6.14. The summed E-state index contributed by atoms with van der Waals surface area (Å²) in [6, 6.07) is 11.1. The van der Waals surface area contributed by atoms with Gasteiger partial charge in [0.05, 0.1) is 9.60 Å². The summed E-state index contributed by atoms with van der Waals surface area (Å²) in [6.45, 7) is 1.14. The number of sulfone groups is 1. The second kappa shape index (κ2) is 8.68. The summed E-state index contributed by atoms with van der Waals surface area (Å²) in [5, 5.41) is 0.524. The molecule has 164 valence electrons. The highest BCUT2D eigenvalue weighted by Crippen LogP contribution is 2.33. The molecule has 0 aliphatic heterocycles. The third kappa shape index (κ3) is 4.66. The molecule has 8 heteroatoms. The molecular weight excluding hydrogens is 430 g/mol. The first kappa shape index (κ1) is 21.9. The number of carbonyl (C=O) groups excluding carboxylic acids is 1. The Balaban J connectivity index is 1.75. The van der Waals surface area contributed by atoms with E-state index in [1.807, 2.05) is 37.2 Å². The Hall–Kier alpha value is -2.29. The molecule has 1 aliphatic carbocycles. The van der Waals surface area contributed by atoms with E-state index in [1.54, 1.807) is 17.0 Å². The maximum Gasteiger partial charge on any atom is 0.260 e. The van der Waals surface area contributed by atoms with E-state index < -0.39 is 9.84 Å². The molecule has 1 aromatic heterocycles. The Morgan fingerprint density at radius 1 is 1.06 bits per heavy atom. The van der Waals surface area contributed by atoms with Crippen molar-refractivity contribution in [3.05, 3.63) is 53.1 Å². The van der Waals surface area contributed by atoms with Gasteiger partial charge in [0.1, 0.15) is 5.52 Å². The van der Waals surface area contributed by atoms with Crippen LogP contribution in [0.3, 0.4) is 0 Å². The zero-order chi connectivity index (χ0) is 22.2. The van der Waals surface area contributed by atoms with E-state index in [-0.39, 0.29) is 10.8 Å². The molecule has 0 saturated heterocycles. The summed E-state index contributed by atoms with van der Waals surface area (Å²) in [6.07, 6.45) is 5.61. The number of aryl methyl sites for hydroxylation is 2. The topological polar surface area (TPSA) is 70.6 Å². The molecule has 1 heterocycles. The van der Waals surface area contributed by atoms with Crippen molar-refractivity contribution < 1.29 is 13.2 Å². The van der Waals surface area contributed by atoms with E-state index in [2.05, 4.69) is 11.1 Å². The minimum atomic E-state index is -3.42.